The first kappa shape index (κ1) is 16.8. The molecule has 1 aromatic rings. The van der Waals surface area contributed by atoms with E-state index in [4.69, 9.17) is 9.47 Å². The third kappa shape index (κ3) is 4.39. The van der Waals surface area contributed by atoms with Crippen LogP contribution in [0.25, 0.3) is 0 Å². The number of hydrogen-bond acceptors (Lipinski definition) is 4. The van der Waals surface area contributed by atoms with Crippen molar-refractivity contribution in [2.45, 2.75) is 45.4 Å². The molecule has 1 aliphatic heterocycles. The highest BCUT2D eigenvalue weighted by Gasteiger charge is 2.29. The molecule has 0 fully saturated rings. The third-order valence-electron chi connectivity index (χ3n) is 3.17. The Kier molecular flexibility index (Phi) is 6.30. The molecule has 1 aliphatic rings. The molecular weight excluding hydrogens is 278 g/mol. The number of esters is 1. The standard InChI is InChI=1S/C15H21NO3.ClH/c1-10(2)16-9-15(17)19-14-8-12-6-4-5-7-13(12)18-11(14)3;/h4-7,10-11,14,16H,8-9H2,1-3H3;1H. The van der Waals surface area contributed by atoms with Crippen molar-refractivity contribution in [1.29, 1.82) is 0 Å². The third-order valence-corrected chi connectivity index (χ3v) is 3.17. The number of carbonyl (C=O) groups excluding carboxylic acids is 1. The van der Waals surface area contributed by atoms with Crippen molar-refractivity contribution in [1.82, 2.24) is 5.32 Å². The molecule has 1 aromatic carbocycles. The molecule has 0 amide bonds. The van der Waals surface area contributed by atoms with E-state index in [1.54, 1.807) is 0 Å². The second-order valence-corrected chi connectivity index (χ2v) is 5.20. The van der Waals surface area contributed by atoms with Crippen LogP contribution in [-0.4, -0.2) is 30.8 Å². The lowest BCUT2D eigenvalue weighted by molar-refractivity contribution is -0.153. The number of carbonyl (C=O) groups is 1. The molecule has 20 heavy (non-hydrogen) atoms. The maximum absolute atomic E-state index is 11.7. The fourth-order valence-corrected chi connectivity index (χ4v) is 2.08. The Balaban J connectivity index is 0.00000200. The largest absolute Gasteiger partial charge is 0.487 e. The van der Waals surface area contributed by atoms with Gasteiger partial charge in [0.1, 0.15) is 18.0 Å². The van der Waals surface area contributed by atoms with Gasteiger partial charge in [-0.2, -0.15) is 0 Å². The smallest absolute Gasteiger partial charge is 0.320 e. The molecule has 4 nitrogen and oxygen atoms in total. The number of rotatable bonds is 4. The highest BCUT2D eigenvalue weighted by molar-refractivity contribution is 5.85. The average molecular weight is 300 g/mol. The molecule has 2 rings (SSSR count). The molecule has 0 spiro atoms. The van der Waals surface area contributed by atoms with Crippen LogP contribution in [0, 0.1) is 0 Å². The molecule has 2 unspecified atom stereocenters. The van der Waals surface area contributed by atoms with Gasteiger partial charge >= 0.3 is 5.97 Å². The van der Waals surface area contributed by atoms with Gasteiger partial charge < -0.3 is 14.8 Å². The second kappa shape index (κ2) is 7.50. The summed E-state index contributed by atoms with van der Waals surface area (Å²) in [7, 11) is 0. The first-order chi connectivity index (χ1) is 9.06. The Morgan fingerprint density at radius 1 is 1.45 bits per heavy atom. The molecule has 0 aliphatic carbocycles. The average Bonchev–Trinajstić information content (AvgIpc) is 2.37. The van der Waals surface area contributed by atoms with Crippen molar-refractivity contribution in [3.63, 3.8) is 0 Å². The Hall–Kier alpha value is -1.26. The summed E-state index contributed by atoms with van der Waals surface area (Å²) in [6, 6.07) is 8.15. The van der Waals surface area contributed by atoms with Gasteiger partial charge in [-0.25, -0.2) is 0 Å². The van der Waals surface area contributed by atoms with Gasteiger partial charge in [0.15, 0.2) is 0 Å². The zero-order chi connectivity index (χ0) is 13.8. The van der Waals surface area contributed by atoms with Crippen molar-refractivity contribution >= 4 is 18.4 Å². The minimum absolute atomic E-state index is 0. The lowest BCUT2D eigenvalue weighted by Gasteiger charge is -2.31. The highest BCUT2D eigenvalue weighted by Crippen LogP contribution is 2.28. The molecule has 1 N–H and O–H groups in total. The molecule has 5 heteroatoms. The number of ether oxygens (including phenoxy) is 2. The minimum atomic E-state index is -0.228. The number of fused-ring (bicyclic) bond motifs is 1. The van der Waals surface area contributed by atoms with Gasteiger partial charge in [0.05, 0.1) is 6.54 Å². The van der Waals surface area contributed by atoms with E-state index in [2.05, 4.69) is 5.32 Å². The highest BCUT2D eigenvalue weighted by atomic mass is 35.5. The van der Waals surface area contributed by atoms with E-state index in [1.165, 1.54) is 0 Å². The summed E-state index contributed by atoms with van der Waals surface area (Å²) in [5, 5.41) is 3.05. The quantitative estimate of drug-likeness (QED) is 0.867. The first-order valence-electron chi connectivity index (χ1n) is 6.73. The molecule has 0 radical (unpaired) electrons. The topological polar surface area (TPSA) is 47.6 Å². The Morgan fingerprint density at radius 3 is 2.85 bits per heavy atom. The molecule has 0 saturated heterocycles. The van der Waals surface area contributed by atoms with Crippen LogP contribution in [0.15, 0.2) is 24.3 Å². The van der Waals surface area contributed by atoms with E-state index in [1.807, 2.05) is 45.0 Å². The number of para-hydroxylation sites is 1. The molecule has 0 aromatic heterocycles. The minimum Gasteiger partial charge on any atom is -0.487 e. The first-order valence-corrected chi connectivity index (χ1v) is 6.73. The van der Waals surface area contributed by atoms with Crippen molar-refractivity contribution in [2.75, 3.05) is 6.54 Å². The van der Waals surface area contributed by atoms with Crippen LogP contribution in [0.3, 0.4) is 0 Å². The van der Waals surface area contributed by atoms with Crippen molar-refractivity contribution in [2.24, 2.45) is 0 Å². The fraction of sp³-hybridized carbons (Fsp3) is 0.533. The molecule has 112 valence electrons. The normalized spacial score (nSPS) is 20.6. The molecule has 0 bridgehead atoms. The van der Waals surface area contributed by atoms with E-state index < -0.39 is 0 Å². The zero-order valence-electron chi connectivity index (χ0n) is 12.1. The monoisotopic (exact) mass is 299 g/mol. The summed E-state index contributed by atoms with van der Waals surface area (Å²) >= 11 is 0. The summed E-state index contributed by atoms with van der Waals surface area (Å²) in [6.07, 6.45) is 0.388. The van der Waals surface area contributed by atoms with Gasteiger partial charge in [-0.3, -0.25) is 4.79 Å². The van der Waals surface area contributed by atoms with Crippen LogP contribution in [0.5, 0.6) is 5.75 Å². The van der Waals surface area contributed by atoms with Gasteiger partial charge in [-0.1, -0.05) is 32.0 Å². The van der Waals surface area contributed by atoms with Gasteiger partial charge in [-0.15, -0.1) is 12.4 Å². The van der Waals surface area contributed by atoms with E-state index in [0.717, 1.165) is 11.3 Å². The number of hydrogen-bond donors (Lipinski definition) is 1. The predicted octanol–water partition coefficient (Wildman–Crippen LogP) is 2.34. The van der Waals surface area contributed by atoms with Gasteiger partial charge in [-0.05, 0) is 18.6 Å². The molecular formula is C15H22ClNO3. The Morgan fingerprint density at radius 2 is 2.15 bits per heavy atom. The van der Waals surface area contributed by atoms with Crippen LogP contribution >= 0.6 is 12.4 Å². The van der Waals surface area contributed by atoms with Crippen LogP contribution in [0.2, 0.25) is 0 Å². The van der Waals surface area contributed by atoms with E-state index in [0.29, 0.717) is 6.42 Å². The fourth-order valence-electron chi connectivity index (χ4n) is 2.08. The van der Waals surface area contributed by atoms with Gasteiger partial charge in [0, 0.05) is 12.5 Å². The predicted molar refractivity (Wildman–Crippen MR) is 80.5 cm³/mol. The number of nitrogens with one attached hydrogen (secondary N) is 1. The molecule has 2 atom stereocenters. The summed E-state index contributed by atoms with van der Waals surface area (Å²) in [4.78, 5) is 11.7. The van der Waals surface area contributed by atoms with E-state index in [-0.39, 0.29) is 43.2 Å². The van der Waals surface area contributed by atoms with Crippen molar-refractivity contribution < 1.29 is 14.3 Å². The van der Waals surface area contributed by atoms with E-state index in [9.17, 15) is 4.79 Å². The van der Waals surface area contributed by atoms with E-state index >= 15 is 0 Å². The maximum atomic E-state index is 11.7. The summed E-state index contributed by atoms with van der Waals surface area (Å²) in [6.45, 7) is 6.16. The van der Waals surface area contributed by atoms with Crippen molar-refractivity contribution in [3.8, 4) is 5.75 Å². The summed E-state index contributed by atoms with van der Waals surface area (Å²) in [5.74, 6) is 0.663. The number of halogens is 1. The lowest BCUT2D eigenvalue weighted by Crippen LogP contribution is -2.41. The summed E-state index contributed by atoms with van der Waals surface area (Å²) in [5.41, 5.74) is 1.09. The molecule has 0 saturated carbocycles. The van der Waals surface area contributed by atoms with Gasteiger partial charge in [0.25, 0.3) is 0 Å². The Bertz CT molecular complexity index is 450. The zero-order valence-corrected chi connectivity index (χ0v) is 12.9. The lowest BCUT2D eigenvalue weighted by atomic mass is 10.0. The number of benzene rings is 1. The van der Waals surface area contributed by atoms with Crippen molar-refractivity contribution in [3.05, 3.63) is 29.8 Å². The second-order valence-electron chi connectivity index (χ2n) is 5.20. The summed E-state index contributed by atoms with van der Waals surface area (Å²) < 4.78 is 11.3. The molecule has 1 heterocycles. The Labute approximate surface area is 126 Å². The SMILES string of the molecule is CC(C)NCC(=O)OC1Cc2ccccc2OC1C.Cl. The van der Waals surface area contributed by atoms with Crippen LogP contribution < -0.4 is 10.1 Å². The van der Waals surface area contributed by atoms with Crippen LogP contribution in [-0.2, 0) is 16.0 Å². The maximum Gasteiger partial charge on any atom is 0.320 e. The van der Waals surface area contributed by atoms with Crippen LogP contribution in [0.4, 0.5) is 0 Å². The van der Waals surface area contributed by atoms with Gasteiger partial charge in [0.2, 0.25) is 0 Å². The van der Waals surface area contributed by atoms with Crippen LogP contribution in [0.1, 0.15) is 26.3 Å².